The first-order chi connectivity index (χ1) is 13.8. The normalized spacial score (nSPS) is 16.4. The van der Waals surface area contributed by atoms with Crippen molar-refractivity contribution in [3.63, 3.8) is 0 Å². The van der Waals surface area contributed by atoms with Gasteiger partial charge in [-0.25, -0.2) is 4.90 Å². The summed E-state index contributed by atoms with van der Waals surface area (Å²) >= 11 is 5.98. The van der Waals surface area contributed by atoms with Crippen LogP contribution in [0.5, 0.6) is 5.75 Å². The first-order valence-electron chi connectivity index (χ1n) is 9.08. The standard InChI is InChI=1S/C21H22ClN3O4/c1-13-6-4-5-7-16(13)25-20(27)11-17(21(25)28)24(2)12-19(26)23-15-10-14(22)8-9-18(15)29-3/h4-10,17H,11-12H2,1-3H3,(H,23,26)/t17-/m1/s1. The van der Waals surface area contributed by atoms with Crippen molar-refractivity contribution in [2.24, 2.45) is 0 Å². The summed E-state index contributed by atoms with van der Waals surface area (Å²) in [4.78, 5) is 40.7. The van der Waals surface area contributed by atoms with Gasteiger partial charge in [-0.3, -0.25) is 19.3 Å². The van der Waals surface area contributed by atoms with Crippen LogP contribution in [-0.2, 0) is 14.4 Å². The number of carbonyl (C=O) groups is 3. The Balaban J connectivity index is 1.70. The molecule has 152 valence electrons. The van der Waals surface area contributed by atoms with Gasteiger partial charge < -0.3 is 10.1 Å². The molecule has 1 aliphatic heterocycles. The van der Waals surface area contributed by atoms with Gasteiger partial charge in [0.05, 0.1) is 37.5 Å². The Morgan fingerprint density at radius 3 is 2.69 bits per heavy atom. The van der Waals surface area contributed by atoms with E-state index in [1.807, 2.05) is 19.1 Å². The highest BCUT2D eigenvalue weighted by Gasteiger charge is 2.42. The van der Waals surface area contributed by atoms with E-state index < -0.39 is 6.04 Å². The molecule has 1 fully saturated rings. The summed E-state index contributed by atoms with van der Waals surface area (Å²) in [5, 5.41) is 3.19. The summed E-state index contributed by atoms with van der Waals surface area (Å²) in [5.41, 5.74) is 1.85. The van der Waals surface area contributed by atoms with Gasteiger partial charge in [-0.2, -0.15) is 0 Å². The third-order valence-electron chi connectivity index (χ3n) is 4.84. The fourth-order valence-electron chi connectivity index (χ4n) is 3.33. The van der Waals surface area contributed by atoms with Crippen molar-refractivity contribution in [1.29, 1.82) is 0 Å². The van der Waals surface area contributed by atoms with Crippen LogP contribution >= 0.6 is 11.6 Å². The first kappa shape index (κ1) is 20.8. The third-order valence-corrected chi connectivity index (χ3v) is 5.07. The Bertz CT molecular complexity index is 963. The van der Waals surface area contributed by atoms with Gasteiger partial charge in [-0.1, -0.05) is 29.8 Å². The van der Waals surface area contributed by atoms with Gasteiger partial charge >= 0.3 is 0 Å². The number of methoxy groups -OCH3 is 1. The molecule has 2 aromatic rings. The lowest BCUT2D eigenvalue weighted by Gasteiger charge is -2.23. The van der Waals surface area contributed by atoms with Crippen molar-refractivity contribution in [2.75, 3.05) is 30.9 Å². The zero-order chi connectivity index (χ0) is 21.1. The SMILES string of the molecule is COc1ccc(Cl)cc1NC(=O)CN(C)[C@@H]1CC(=O)N(c2ccccc2C)C1=O. The highest BCUT2D eigenvalue weighted by molar-refractivity contribution is 6.31. The molecule has 29 heavy (non-hydrogen) atoms. The average Bonchev–Trinajstić information content (AvgIpc) is 2.97. The molecule has 8 heteroatoms. The number of para-hydroxylation sites is 1. The molecule has 1 heterocycles. The third kappa shape index (κ3) is 4.41. The summed E-state index contributed by atoms with van der Waals surface area (Å²) in [6, 6.07) is 11.4. The Morgan fingerprint density at radius 1 is 1.28 bits per heavy atom. The second-order valence-corrected chi connectivity index (χ2v) is 7.32. The summed E-state index contributed by atoms with van der Waals surface area (Å²) in [6.45, 7) is 1.78. The number of nitrogens with one attached hydrogen (secondary N) is 1. The van der Waals surface area contributed by atoms with E-state index in [0.29, 0.717) is 22.1 Å². The molecule has 2 aromatic carbocycles. The van der Waals surface area contributed by atoms with Gasteiger partial charge in [0, 0.05) is 5.02 Å². The Morgan fingerprint density at radius 2 is 2.00 bits per heavy atom. The van der Waals surface area contributed by atoms with E-state index in [0.717, 1.165) is 5.56 Å². The molecule has 0 aromatic heterocycles. The van der Waals surface area contributed by atoms with Crippen molar-refractivity contribution in [3.05, 3.63) is 53.1 Å². The van der Waals surface area contributed by atoms with Gasteiger partial charge in [-0.15, -0.1) is 0 Å². The number of amides is 3. The number of carbonyl (C=O) groups excluding carboxylic acids is 3. The fourth-order valence-corrected chi connectivity index (χ4v) is 3.50. The number of rotatable bonds is 6. The largest absolute Gasteiger partial charge is 0.495 e. The molecule has 0 saturated carbocycles. The molecule has 0 spiro atoms. The minimum absolute atomic E-state index is 0.0252. The summed E-state index contributed by atoms with van der Waals surface area (Å²) in [7, 11) is 3.14. The zero-order valence-electron chi connectivity index (χ0n) is 16.4. The van der Waals surface area contributed by atoms with E-state index in [1.165, 1.54) is 12.0 Å². The number of halogens is 1. The second-order valence-electron chi connectivity index (χ2n) is 6.88. The van der Waals surface area contributed by atoms with Crippen LogP contribution in [0, 0.1) is 6.92 Å². The quantitative estimate of drug-likeness (QED) is 0.734. The van der Waals surface area contributed by atoms with E-state index in [2.05, 4.69) is 5.32 Å². The number of ether oxygens (including phenoxy) is 1. The molecule has 7 nitrogen and oxygen atoms in total. The van der Waals surface area contributed by atoms with Gasteiger partial charge in [0.1, 0.15) is 5.75 Å². The highest BCUT2D eigenvalue weighted by atomic mass is 35.5. The topological polar surface area (TPSA) is 79.0 Å². The minimum atomic E-state index is -0.700. The number of hydrogen-bond acceptors (Lipinski definition) is 5. The van der Waals surface area contributed by atoms with Crippen molar-refractivity contribution >= 4 is 40.7 Å². The monoisotopic (exact) mass is 415 g/mol. The Labute approximate surface area is 174 Å². The summed E-state index contributed by atoms with van der Waals surface area (Å²) < 4.78 is 5.22. The molecule has 0 aliphatic carbocycles. The number of imide groups is 1. The smallest absolute Gasteiger partial charge is 0.251 e. The van der Waals surface area contributed by atoms with Crippen molar-refractivity contribution in [1.82, 2.24) is 4.90 Å². The molecule has 1 atom stereocenters. The number of likely N-dealkylation sites (N-methyl/N-ethyl adjacent to an activating group) is 1. The number of benzene rings is 2. The van der Waals surface area contributed by atoms with E-state index in [4.69, 9.17) is 16.3 Å². The maximum absolute atomic E-state index is 12.9. The molecule has 0 bridgehead atoms. The molecule has 3 amide bonds. The fraction of sp³-hybridized carbons (Fsp3) is 0.286. The molecular formula is C21H22ClN3O4. The van der Waals surface area contributed by atoms with E-state index >= 15 is 0 Å². The molecule has 1 saturated heterocycles. The van der Waals surface area contributed by atoms with Gasteiger partial charge in [0.25, 0.3) is 5.91 Å². The van der Waals surface area contributed by atoms with Crippen molar-refractivity contribution < 1.29 is 19.1 Å². The molecule has 3 rings (SSSR count). The van der Waals surface area contributed by atoms with Gasteiger partial charge in [-0.05, 0) is 43.8 Å². The lowest BCUT2D eigenvalue weighted by Crippen LogP contribution is -2.43. The lowest BCUT2D eigenvalue weighted by atomic mass is 10.2. The number of anilines is 2. The van der Waals surface area contributed by atoms with Gasteiger partial charge in [0.2, 0.25) is 11.8 Å². The zero-order valence-corrected chi connectivity index (χ0v) is 17.2. The van der Waals surface area contributed by atoms with Crippen LogP contribution in [0.15, 0.2) is 42.5 Å². The molecule has 1 N–H and O–H groups in total. The maximum Gasteiger partial charge on any atom is 0.251 e. The van der Waals surface area contributed by atoms with Crippen LogP contribution in [0.2, 0.25) is 5.02 Å². The maximum atomic E-state index is 12.9. The van der Waals surface area contributed by atoms with Crippen LogP contribution < -0.4 is 15.0 Å². The van der Waals surface area contributed by atoms with Crippen LogP contribution in [0.25, 0.3) is 0 Å². The van der Waals surface area contributed by atoms with Crippen LogP contribution in [0.3, 0.4) is 0 Å². The predicted octanol–water partition coefficient (Wildman–Crippen LogP) is 2.86. The number of aryl methyl sites for hydroxylation is 1. The lowest BCUT2D eigenvalue weighted by molar-refractivity contribution is -0.123. The van der Waals surface area contributed by atoms with Crippen LogP contribution in [0.4, 0.5) is 11.4 Å². The van der Waals surface area contributed by atoms with Crippen LogP contribution in [-0.4, -0.2) is 49.4 Å². The first-order valence-corrected chi connectivity index (χ1v) is 9.45. The summed E-state index contributed by atoms with van der Waals surface area (Å²) in [5.74, 6) is -0.482. The average molecular weight is 416 g/mol. The molecular weight excluding hydrogens is 394 g/mol. The van der Waals surface area contributed by atoms with E-state index in [-0.39, 0.29) is 30.7 Å². The molecule has 0 unspecified atom stereocenters. The number of nitrogens with zero attached hydrogens (tertiary/aromatic N) is 2. The van der Waals surface area contributed by atoms with E-state index in [9.17, 15) is 14.4 Å². The predicted molar refractivity (Wildman–Crippen MR) is 111 cm³/mol. The van der Waals surface area contributed by atoms with E-state index in [1.54, 1.807) is 42.3 Å². The van der Waals surface area contributed by atoms with Crippen LogP contribution in [0.1, 0.15) is 12.0 Å². The second kappa shape index (κ2) is 8.63. The minimum Gasteiger partial charge on any atom is -0.495 e. The number of hydrogen-bond donors (Lipinski definition) is 1. The Hall–Kier alpha value is -2.90. The van der Waals surface area contributed by atoms with Crippen molar-refractivity contribution in [3.8, 4) is 5.75 Å². The molecule has 0 radical (unpaired) electrons. The molecule has 1 aliphatic rings. The summed E-state index contributed by atoms with van der Waals surface area (Å²) in [6.07, 6.45) is 0.0252. The van der Waals surface area contributed by atoms with Gasteiger partial charge in [0.15, 0.2) is 0 Å². The Kier molecular flexibility index (Phi) is 6.20. The van der Waals surface area contributed by atoms with Crippen molar-refractivity contribution in [2.45, 2.75) is 19.4 Å². The highest BCUT2D eigenvalue weighted by Crippen LogP contribution is 2.29.